The molecule has 3 rings (SSSR count). The van der Waals surface area contributed by atoms with Gasteiger partial charge in [0.25, 0.3) is 5.91 Å². The number of anilines is 1. The lowest BCUT2D eigenvalue weighted by molar-refractivity contribution is 0.0959. The van der Waals surface area contributed by atoms with Crippen molar-refractivity contribution >= 4 is 38.5 Å². The Morgan fingerprint density at radius 1 is 1.32 bits per heavy atom. The van der Waals surface area contributed by atoms with Crippen LogP contribution in [0.25, 0.3) is 5.52 Å². The fourth-order valence-electron chi connectivity index (χ4n) is 2.34. The van der Waals surface area contributed by atoms with Crippen molar-refractivity contribution < 1.29 is 13.2 Å². The van der Waals surface area contributed by atoms with Gasteiger partial charge in [-0.2, -0.15) is 5.10 Å². The van der Waals surface area contributed by atoms with Crippen molar-refractivity contribution in [1.82, 2.24) is 19.9 Å². The van der Waals surface area contributed by atoms with Crippen molar-refractivity contribution in [3.05, 3.63) is 46.2 Å². The topological polar surface area (TPSA) is 105 Å². The van der Waals surface area contributed by atoms with Crippen LogP contribution < -0.4 is 10.0 Å². The normalized spacial score (nSPS) is 11.6. The standard InChI is InChI=1S/C15H17N5O3S2/c1-10-14(24-11(2)18-10)15(21)16-6-8-25(22,23)19-12-4-7-20-13(9-12)3-5-17-20/h3-5,7,9,19H,6,8H2,1-2H3,(H,16,21). The first-order valence-electron chi connectivity index (χ1n) is 7.50. The summed E-state index contributed by atoms with van der Waals surface area (Å²) in [6.07, 6.45) is 3.30. The Balaban J connectivity index is 1.58. The third kappa shape index (κ3) is 4.15. The molecule has 0 atom stereocenters. The van der Waals surface area contributed by atoms with Gasteiger partial charge in [0.15, 0.2) is 0 Å². The van der Waals surface area contributed by atoms with Gasteiger partial charge in [0.1, 0.15) is 4.88 Å². The van der Waals surface area contributed by atoms with Crippen LogP contribution in [0.2, 0.25) is 0 Å². The lowest BCUT2D eigenvalue weighted by atomic mass is 10.4. The molecule has 0 aromatic carbocycles. The first kappa shape index (κ1) is 17.4. The van der Waals surface area contributed by atoms with Crippen LogP contribution in [0.4, 0.5) is 5.69 Å². The quantitative estimate of drug-likeness (QED) is 0.676. The third-order valence-corrected chi connectivity index (χ3v) is 5.80. The van der Waals surface area contributed by atoms with E-state index in [1.54, 1.807) is 42.0 Å². The Kier molecular flexibility index (Phi) is 4.73. The number of aryl methyl sites for hydroxylation is 2. The van der Waals surface area contributed by atoms with Gasteiger partial charge >= 0.3 is 0 Å². The van der Waals surface area contributed by atoms with Gasteiger partial charge in [-0.3, -0.25) is 9.52 Å². The lowest BCUT2D eigenvalue weighted by Crippen LogP contribution is -2.31. The number of nitrogens with one attached hydrogen (secondary N) is 2. The fourth-order valence-corrected chi connectivity index (χ4v) is 4.13. The van der Waals surface area contributed by atoms with Crippen LogP contribution in [-0.2, 0) is 10.0 Å². The Bertz CT molecular complexity index is 1020. The summed E-state index contributed by atoms with van der Waals surface area (Å²) in [5, 5.41) is 7.47. The van der Waals surface area contributed by atoms with E-state index >= 15 is 0 Å². The number of rotatable bonds is 6. The molecule has 0 aliphatic carbocycles. The van der Waals surface area contributed by atoms with E-state index in [0.29, 0.717) is 16.3 Å². The Morgan fingerprint density at radius 2 is 2.12 bits per heavy atom. The molecular weight excluding hydrogens is 362 g/mol. The van der Waals surface area contributed by atoms with Gasteiger partial charge in [0.2, 0.25) is 10.0 Å². The Hall–Kier alpha value is -2.46. The number of hydrogen-bond donors (Lipinski definition) is 2. The molecule has 0 aliphatic rings. The molecule has 0 aliphatic heterocycles. The number of amides is 1. The number of carbonyl (C=O) groups excluding carboxylic acids is 1. The molecule has 0 radical (unpaired) electrons. The summed E-state index contributed by atoms with van der Waals surface area (Å²) >= 11 is 1.29. The highest BCUT2D eigenvalue weighted by atomic mass is 32.2. The highest BCUT2D eigenvalue weighted by Crippen LogP contribution is 2.16. The van der Waals surface area contributed by atoms with E-state index in [1.807, 2.05) is 6.92 Å². The number of nitrogens with zero attached hydrogens (tertiary/aromatic N) is 3. The van der Waals surface area contributed by atoms with E-state index < -0.39 is 10.0 Å². The van der Waals surface area contributed by atoms with Crippen LogP contribution in [0, 0.1) is 13.8 Å². The summed E-state index contributed by atoms with van der Waals surface area (Å²) in [6.45, 7) is 3.59. The molecule has 2 N–H and O–H groups in total. The monoisotopic (exact) mass is 379 g/mol. The molecule has 25 heavy (non-hydrogen) atoms. The second-order valence-corrected chi connectivity index (χ2v) is 8.49. The maximum atomic E-state index is 12.2. The second-order valence-electron chi connectivity index (χ2n) is 5.44. The third-order valence-electron chi connectivity index (χ3n) is 3.44. The molecular formula is C15H17N5O3S2. The van der Waals surface area contributed by atoms with E-state index in [0.717, 1.165) is 10.5 Å². The van der Waals surface area contributed by atoms with E-state index in [-0.39, 0.29) is 18.2 Å². The molecule has 0 bridgehead atoms. The minimum Gasteiger partial charge on any atom is -0.350 e. The molecule has 0 unspecified atom stereocenters. The van der Waals surface area contributed by atoms with E-state index in [2.05, 4.69) is 20.1 Å². The molecule has 132 valence electrons. The number of carbonyl (C=O) groups is 1. The number of thiazole rings is 1. The molecule has 0 fully saturated rings. The number of aromatic nitrogens is 3. The van der Waals surface area contributed by atoms with E-state index in [4.69, 9.17) is 0 Å². The predicted molar refractivity (Wildman–Crippen MR) is 96.5 cm³/mol. The number of sulfonamides is 1. The summed E-state index contributed by atoms with van der Waals surface area (Å²) < 4.78 is 28.5. The van der Waals surface area contributed by atoms with Crippen LogP contribution in [0.5, 0.6) is 0 Å². The number of hydrogen-bond acceptors (Lipinski definition) is 6. The van der Waals surface area contributed by atoms with Crippen molar-refractivity contribution in [1.29, 1.82) is 0 Å². The average molecular weight is 379 g/mol. The van der Waals surface area contributed by atoms with Gasteiger partial charge in [-0.1, -0.05) is 0 Å². The molecule has 0 saturated heterocycles. The smallest absolute Gasteiger partial charge is 0.263 e. The van der Waals surface area contributed by atoms with Gasteiger partial charge in [-0.15, -0.1) is 11.3 Å². The van der Waals surface area contributed by atoms with Gasteiger partial charge in [-0.25, -0.2) is 17.9 Å². The zero-order valence-electron chi connectivity index (χ0n) is 13.7. The van der Waals surface area contributed by atoms with Gasteiger partial charge in [-0.05, 0) is 32.0 Å². The summed E-state index contributed by atoms with van der Waals surface area (Å²) in [5.74, 6) is -0.529. The molecule has 0 spiro atoms. The molecule has 0 saturated carbocycles. The van der Waals surface area contributed by atoms with Gasteiger partial charge in [0, 0.05) is 18.9 Å². The summed E-state index contributed by atoms with van der Waals surface area (Å²) in [5.41, 5.74) is 1.88. The second kappa shape index (κ2) is 6.81. The molecule has 3 heterocycles. The highest BCUT2D eigenvalue weighted by molar-refractivity contribution is 7.92. The Labute approximate surface area is 149 Å². The van der Waals surface area contributed by atoms with Crippen LogP contribution >= 0.6 is 11.3 Å². The summed E-state index contributed by atoms with van der Waals surface area (Å²) in [6, 6.07) is 5.09. The predicted octanol–water partition coefficient (Wildman–Crippen LogP) is 1.58. The SMILES string of the molecule is Cc1nc(C)c(C(=O)NCCS(=O)(=O)Nc2ccn3nccc3c2)s1. The van der Waals surface area contributed by atoms with Crippen LogP contribution in [-0.4, -0.2) is 41.2 Å². The van der Waals surface area contributed by atoms with Crippen molar-refractivity contribution in [3.63, 3.8) is 0 Å². The van der Waals surface area contributed by atoms with Crippen molar-refractivity contribution in [2.75, 3.05) is 17.0 Å². The minimum atomic E-state index is -3.58. The molecule has 10 heteroatoms. The fraction of sp³-hybridized carbons (Fsp3) is 0.267. The number of pyridine rings is 1. The Morgan fingerprint density at radius 3 is 2.84 bits per heavy atom. The van der Waals surface area contributed by atoms with Crippen molar-refractivity contribution in [3.8, 4) is 0 Å². The first-order valence-corrected chi connectivity index (χ1v) is 9.97. The first-order chi connectivity index (χ1) is 11.8. The van der Waals surface area contributed by atoms with Gasteiger partial charge in [0.05, 0.1) is 27.7 Å². The van der Waals surface area contributed by atoms with Crippen molar-refractivity contribution in [2.24, 2.45) is 0 Å². The maximum absolute atomic E-state index is 12.2. The largest absolute Gasteiger partial charge is 0.350 e. The van der Waals surface area contributed by atoms with Crippen LogP contribution in [0.3, 0.4) is 0 Å². The lowest BCUT2D eigenvalue weighted by Gasteiger charge is -2.09. The summed E-state index contributed by atoms with van der Waals surface area (Å²) in [7, 11) is -3.58. The zero-order valence-corrected chi connectivity index (χ0v) is 15.3. The van der Waals surface area contributed by atoms with E-state index in [9.17, 15) is 13.2 Å². The molecule has 1 amide bonds. The van der Waals surface area contributed by atoms with Crippen LogP contribution in [0.15, 0.2) is 30.6 Å². The minimum absolute atomic E-state index is 0.0134. The van der Waals surface area contributed by atoms with Crippen LogP contribution in [0.1, 0.15) is 20.4 Å². The zero-order chi connectivity index (χ0) is 18.0. The molecule has 3 aromatic heterocycles. The molecule has 3 aromatic rings. The summed E-state index contributed by atoms with van der Waals surface area (Å²) in [4.78, 5) is 16.8. The molecule has 8 nitrogen and oxygen atoms in total. The average Bonchev–Trinajstić information content (AvgIpc) is 3.11. The van der Waals surface area contributed by atoms with Gasteiger partial charge < -0.3 is 5.32 Å². The highest BCUT2D eigenvalue weighted by Gasteiger charge is 2.16. The maximum Gasteiger partial charge on any atom is 0.263 e. The van der Waals surface area contributed by atoms with Crippen molar-refractivity contribution in [2.45, 2.75) is 13.8 Å². The van der Waals surface area contributed by atoms with E-state index in [1.165, 1.54) is 11.3 Å². The number of fused-ring (bicyclic) bond motifs is 1.